The molecule has 1 amide bonds. The zero-order valence-electron chi connectivity index (χ0n) is 16.6. The summed E-state index contributed by atoms with van der Waals surface area (Å²) in [7, 11) is 0. The van der Waals surface area contributed by atoms with Crippen molar-refractivity contribution in [3.8, 4) is 0 Å². The molecule has 2 aliphatic heterocycles. The maximum Gasteiger partial charge on any atom is 0.330 e. The van der Waals surface area contributed by atoms with Crippen LogP contribution in [-0.4, -0.2) is 53.5 Å². The van der Waals surface area contributed by atoms with Gasteiger partial charge in [-0.05, 0) is 33.8 Å². The standard InChI is InChI=1S/C20H31NO5/c1-8-15(22)21-17(3,4)10-20(11-18(21,5)6)25-13-19(7,14-26-20)12-24-16(23)9-2/h8-9H,1-2,10-14H2,3-7H3. The first-order valence-corrected chi connectivity index (χ1v) is 8.93. The van der Waals surface area contributed by atoms with Crippen molar-refractivity contribution in [2.75, 3.05) is 19.8 Å². The number of esters is 1. The Kier molecular flexibility index (Phi) is 5.41. The van der Waals surface area contributed by atoms with Crippen LogP contribution in [0.25, 0.3) is 0 Å². The van der Waals surface area contributed by atoms with Crippen LogP contribution >= 0.6 is 0 Å². The molecule has 0 aromatic heterocycles. The van der Waals surface area contributed by atoms with E-state index in [9.17, 15) is 9.59 Å². The second-order valence-corrected chi connectivity index (χ2v) is 8.97. The van der Waals surface area contributed by atoms with Crippen LogP contribution in [0.2, 0.25) is 0 Å². The Morgan fingerprint density at radius 3 is 1.92 bits per heavy atom. The molecule has 2 saturated heterocycles. The zero-order valence-corrected chi connectivity index (χ0v) is 16.6. The molecule has 0 atom stereocenters. The Morgan fingerprint density at radius 2 is 1.50 bits per heavy atom. The average Bonchev–Trinajstić information content (AvgIpc) is 2.53. The van der Waals surface area contributed by atoms with Gasteiger partial charge in [-0.1, -0.05) is 20.1 Å². The Bertz CT molecular complexity index is 579. The molecule has 26 heavy (non-hydrogen) atoms. The van der Waals surface area contributed by atoms with Gasteiger partial charge in [0.25, 0.3) is 0 Å². The van der Waals surface area contributed by atoms with Crippen molar-refractivity contribution in [3.63, 3.8) is 0 Å². The summed E-state index contributed by atoms with van der Waals surface area (Å²) >= 11 is 0. The van der Waals surface area contributed by atoms with Gasteiger partial charge in [0, 0.05) is 35.4 Å². The van der Waals surface area contributed by atoms with E-state index in [4.69, 9.17) is 14.2 Å². The second-order valence-electron chi connectivity index (χ2n) is 8.97. The highest BCUT2D eigenvalue weighted by Crippen LogP contribution is 2.48. The van der Waals surface area contributed by atoms with E-state index in [1.165, 1.54) is 6.08 Å². The van der Waals surface area contributed by atoms with Gasteiger partial charge in [-0.15, -0.1) is 0 Å². The first-order chi connectivity index (χ1) is 11.9. The van der Waals surface area contributed by atoms with Crippen molar-refractivity contribution in [2.45, 2.75) is 64.3 Å². The van der Waals surface area contributed by atoms with E-state index in [1.807, 2.05) is 39.5 Å². The number of likely N-dealkylation sites (tertiary alicyclic amines) is 1. The van der Waals surface area contributed by atoms with Gasteiger partial charge in [0.15, 0.2) is 5.79 Å². The van der Waals surface area contributed by atoms with Gasteiger partial charge in [0.2, 0.25) is 5.91 Å². The quantitative estimate of drug-likeness (QED) is 0.566. The summed E-state index contributed by atoms with van der Waals surface area (Å²) in [6.07, 6.45) is 3.62. The fourth-order valence-corrected chi connectivity index (χ4v) is 4.33. The van der Waals surface area contributed by atoms with Crippen LogP contribution < -0.4 is 0 Å². The summed E-state index contributed by atoms with van der Waals surface area (Å²) in [5.41, 5.74) is -1.31. The van der Waals surface area contributed by atoms with Crippen LogP contribution in [0, 0.1) is 5.41 Å². The lowest BCUT2D eigenvalue weighted by Crippen LogP contribution is -2.69. The topological polar surface area (TPSA) is 65.1 Å². The highest BCUT2D eigenvalue weighted by atomic mass is 16.7. The molecule has 0 saturated carbocycles. The number of hydrogen-bond donors (Lipinski definition) is 0. The minimum Gasteiger partial charge on any atom is -0.462 e. The molecule has 6 nitrogen and oxygen atoms in total. The maximum absolute atomic E-state index is 12.4. The molecule has 2 rings (SSSR count). The highest BCUT2D eigenvalue weighted by Gasteiger charge is 2.57. The van der Waals surface area contributed by atoms with E-state index in [0.717, 1.165) is 6.08 Å². The fraction of sp³-hybridized carbons (Fsp3) is 0.700. The van der Waals surface area contributed by atoms with E-state index < -0.39 is 28.2 Å². The van der Waals surface area contributed by atoms with Crippen molar-refractivity contribution in [2.24, 2.45) is 5.41 Å². The smallest absolute Gasteiger partial charge is 0.330 e. The number of piperidine rings is 1. The number of ether oxygens (including phenoxy) is 3. The minimum absolute atomic E-state index is 0.0909. The lowest BCUT2D eigenvalue weighted by molar-refractivity contribution is -0.340. The first-order valence-electron chi connectivity index (χ1n) is 8.93. The van der Waals surface area contributed by atoms with Gasteiger partial charge in [0.05, 0.1) is 13.2 Å². The molecule has 2 aliphatic rings. The number of carbonyl (C=O) groups excluding carboxylic acids is 2. The van der Waals surface area contributed by atoms with Crippen molar-refractivity contribution in [1.29, 1.82) is 0 Å². The third kappa shape index (κ3) is 4.01. The molecular formula is C20H31NO5. The van der Waals surface area contributed by atoms with Crippen LogP contribution in [0.15, 0.2) is 25.3 Å². The second kappa shape index (κ2) is 6.82. The van der Waals surface area contributed by atoms with Gasteiger partial charge < -0.3 is 19.1 Å². The van der Waals surface area contributed by atoms with Crippen LogP contribution in [-0.2, 0) is 23.8 Å². The van der Waals surface area contributed by atoms with E-state index >= 15 is 0 Å². The SMILES string of the molecule is C=CC(=O)OCC1(C)COC2(CC(C)(C)N(C(=O)C=C)C(C)(C)C2)OC1. The van der Waals surface area contributed by atoms with Crippen molar-refractivity contribution >= 4 is 11.9 Å². The molecule has 0 unspecified atom stereocenters. The number of nitrogens with zero attached hydrogens (tertiary/aromatic N) is 1. The van der Waals surface area contributed by atoms with E-state index in [-0.39, 0.29) is 12.5 Å². The lowest BCUT2D eigenvalue weighted by Gasteiger charge is -2.60. The predicted octanol–water partition coefficient (Wildman–Crippen LogP) is 2.83. The van der Waals surface area contributed by atoms with Crippen LogP contribution in [0.4, 0.5) is 0 Å². The Morgan fingerprint density at radius 1 is 1.00 bits per heavy atom. The first kappa shape index (κ1) is 20.6. The summed E-state index contributed by atoms with van der Waals surface area (Å²) in [4.78, 5) is 25.6. The van der Waals surface area contributed by atoms with Gasteiger partial charge in [-0.3, -0.25) is 4.79 Å². The maximum atomic E-state index is 12.4. The molecule has 0 bridgehead atoms. The molecule has 6 heteroatoms. The molecule has 0 N–H and O–H groups in total. The number of carbonyl (C=O) groups is 2. The highest BCUT2D eigenvalue weighted by molar-refractivity contribution is 5.88. The summed E-state index contributed by atoms with van der Waals surface area (Å²) in [5.74, 6) is -1.30. The third-order valence-corrected chi connectivity index (χ3v) is 5.11. The monoisotopic (exact) mass is 365 g/mol. The number of hydrogen-bond acceptors (Lipinski definition) is 5. The fourth-order valence-electron chi connectivity index (χ4n) is 4.33. The Labute approximate surface area is 156 Å². The van der Waals surface area contributed by atoms with E-state index in [0.29, 0.717) is 26.1 Å². The summed E-state index contributed by atoms with van der Waals surface area (Å²) < 4.78 is 17.6. The average molecular weight is 365 g/mol. The summed E-state index contributed by atoms with van der Waals surface area (Å²) in [6.45, 7) is 18.1. The number of rotatable bonds is 4. The molecule has 0 radical (unpaired) electrons. The van der Waals surface area contributed by atoms with Gasteiger partial charge in [0.1, 0.15) is 6.61 Å². The molecule has 0 aliphatic carbocycles. The van der Waals surface area contributed by atoms with Crippen LogP contribution in [0.3, 0.4) is 0 Å². The minimum atomic E-state index is -0.757. The molecule has 2 fully saturated rings. The van der Waals surface area contributed by atoms with E-state index in [2.05, 4.69) is 13.2 Å². The lowest BCUT2D eigenvalue weighted by atomic mass is 9.75. The number of amides is 1. The van der Waals surface area contributed by atoms with Gasteiger partial charge in [-0.2, -0.15) is 0 Å². The molecule has 146 valence electrons. The Hall–Kier alpha value is -1.66. The molecule has 0 aromatic rings. The molecular weight excluding hydrogens is 334 g/mol. The van der Waals surface area contributed by atoms with Crippen LogP contribution in [0.5, 0.6) is 0 Å². The molecule has 2 heterocycles. The van der Waals surface area contributed by atoms with Crippen LogP contribution in [0.1, 0.15) is 47.5 Å². The van der Waals surface area contributed by atoms with Crippen molar-refractivity contribution in [3.05, 3.63) is 25.3 Å². The normalized spacial score (nSPS) is 25.3. The largest absolute Gasteiger partial charge is 0.462 e. The van der Waals surface area contributed by atoms with E-state index in [1.54, 1.807) is 0 Å². The Balaban J connectivity index is 2.13. The zero-order chi connectivity index (χ0) is 19.8. The van der Waals surface area contributed by atoms with Gasteiger partial charge >= 0.3 is 5.97 Å². The van der Waals surface area contributed by atoms with Gasteiger partial charge in [-0.25, -0.2) is 4.79 Å². The summed E-state index contributed by atoms with van der Waals surface area (Å²) in [6, 6.07) is 0. The molecule has 1 spiro atoms. The van der Waals surface area contributed by atoms with Crippen molar-refractivity contribution < 1.29 is 23.8 Å². The summed E-state index contributed by atoms with van der Waals surface area (Å²) in [5, 5.41) is 0. The van der Waals surface area contributed by atoms with Crippen molar-refractivity contribution in [1.82, 2.24) is 4.90 Å². The third-order valence-electron chi connectivity index (χ3n) is 5.11. The molecule has 0 aromatic carbocycles. The predicted molar refractivity (Wildman–Crippen MR) is 98.3 cm³/mol.